The van der Waals surface area contributed by atoms with Crippen LogP contribution in [0, 0.1) is 0 Å². The molecule has 8 heteroatoms. The van der Waals surface area contributed by atoms with E-state index in [1.54, 1.807) is 35.3 Å². The van der Waals surface area contributed by atoms with Gasteiger partial charge in [0.1, 0.15) is 11.3 Å². The molecule has 0 fully saturated rings. The molecule has 4 aromatic rings. The van der Waals surface area contributed by atoms with Crippen LogP contribution in [0.3, 0.4) is 0 Å². The Bertz CT molecular complexity index is 1390. The largest absolute Gasteiger partial charge is 0.367 e. The topological polar surface area (TPSA) is 87.1 Å². The van der Waals surface area contributed by atoms with Gasteiger partial charge in [-0.3, -0.25) is 15.1 Å². The lowest BCUT2D eigenvalue weighted by Crippen LogP contribution is -2.58. The smallest absolute Gasteiger partial charge is 0.250 e. The van der Waals surface area contributed by atoms with Gasteiger partial charge in [-0.15, -0.1) is 0 Å². The number of pyridine rings is 2. The summed E-state index contributed by atoms with van der Waals surface area (Å²) in [6.07, 6.45) is 11.5. The lowest BCUT2D eigenvalue weighted by molar-refractivity contribution is 0.389. The van der Waals surface area contributed by atoms with E-state index in [0.717, 1.165) is 27.7 Å². The third kappa shape index (κ3) is 4.74. The molecule has 166 valence electrons. The molecule has 33 heavy (non-hydrogen) atoms. The molecule has 0 aliphatic carbocycles. The van der Waals surface area contributed by atoms with Crippen LogP contribution in [-0.2, 0) is 19.5 Å². The van der Waals surface area contributed by atoms with Gasteiger partial charge in [-0.1, -0.05) is 41.9 Å². The average Bonchev–Trinajstić information content (AvgIpc) is 3.23. The van der Waals surface area contributed by atoms with Crippen LogP contribution in [0.15, 0.2) is 89.3 Å². The SMILES string of the molecule is O=c1ccccn1Cc1ccc(CC2(NCc3c[nH]c4ncc(Cl)cc34)C=NC=CN2)cc1. The molecule has 3 aromatic heterocycles. The zero-order valence-corrected chi connectivity index (χ0v) is 18.6. The van der Waals surface area contributed by atoms with Crippen LogP contribution in [0.4, 0.5) is 0 Å². The van der Waals surface area contributed by atoms with E-state index in [1.165, 1.54) is 0 Å². The standard InChI is InChI=1S/C25H23ClN6O/c26-21-11-22-20(13-28-24(22)29-15-21)14-31-25(17-27-8-9-30-25)12-18-4-6-19(7-5-18)16-32-10-2-1-3-23(32)33/h1-11,13,15,17,30-31H,12,14,16H2,(H,28,29). The predicted octanol–water partition coefficient (Wildman–Crippen LogP) is 3.60. The van der Waals surface area contributed by atoms with E-state index >= 15 is 0 Å². The highest BCUT2D eigenvalue weighted by Crippen LogP contribution is 2.21. The van der Waals surface area contributed by atoms with Crippen LogP contribution < -0.4 is 16.2 Å². The summed E-state index contributed by atoms with van der Waals surface area (Å²) in [5.74, 6) is 0. The normalized spacial score (nSPS) is 17.4. The molecule has 0 bridgehead atoms. The molecular formula is C25H23ClN6O. The molecule has 3 N–H and O–H groups in total. The first-order valence-corrected chi connectivity index (χ1v) is 11.0. The van der Waals surface area contributed by atoms with E-state index in [9.17, 15) is 4.79 Å². The molecule has 0 spiro atoms. The molecule has 0 saturated heterocycles. The number of hydrogen-bond acceptors (Lipinski definition) is 5. The van der Waals surface area contributed by atoms with E-state index in [1.807, 2.05) is 30.7 Å². The minimum Gasteiger partial charge on any atom is -0.367 e. The number of rotatable bonds is 7. The third-order valence-corrected chi connectivity index (χ3v) is 5.94. The minimum atomic E-state index is -0.539. The van der Waals surface area contributed by atoms with Crippen LogP contribution in [0.25, 0.3) is 11.0 Å². The first-order chi connectivity index (χ1) is 16.1. The summed E-state index contributed by atoms with van der Waals surface area (Å²) < 4.78 is 1.69. The van der Waals surface area contributed by atoms with Crippen molar-refractivity contribution < 1.29 is 0 Å². The summed E-state index contributed by atoms with van der Waals surface area (Å²) in [5.41, 5.74) is 3.55. The van der Waals surface area contributed by atoms with Crippen molar-refractivity contribution in [2.24, 2.45) is 4.99 Å². The van der Waals surface area contributed by atoms with Crippen molar-refractivity contribution in [3.05, 3.63) is 112 Å². The van der Waals surface area contributed by atoms with Crippen LogP contribution in [-0.4, -0.2) is 26.4 Å². The van der Waals surface area contributed by atoms with Gasteiger partial charge in [0.15, 0.2) is 0 Å². The molecule has 7 nitrogen and oxygen atoms in total. The van der Waals surface area contributed by atoms with Crippen molar-refractivity contribution in [1.82, 2.24) is 25.2 Å². The summed E-state index contributed by atoms with van der Waals surface area (Å²) in [5, 5.41) is 8.64. The number of nitrogens with one attached hydrogen (secondary N) is 3. The molecule has 0 radical (unpaired) electrons. The van der Waals surface area contributed by atoms with E-state index in [0.29, 0.717) is 24.5 Å². The molecule has 0 amide bonds. The molecule has 5 rings (SSSR count). The van der Waals surface area contributed by atoms with Gasteiger partial charge < -0.3 is 14.9 Å². The van der Waals surface area contributed by atoms with Crippen molar-refractivity contribution in [2.45, 2.75) is 25.2 Å². The van der Waals surface area contributed by atoms with Crippen LogP contribution in [0.1, 0.15) is 16.7 Å². The number of H-pyrrole nitrogens is 1. The highest BCUT2D eigenvalue weighted by molar-refractivity contribution is 6.31. The fourth-order valence-electron chi connectivity index (χ4n) is 4.00. The molecule has 0 saturated carbocycles. The molecule has 1 aliphatic rings. The zero-order valence-electron chi connectivity index (χ0n) is 17.8. The molecule has 1 aromatic carbocycles. The Kier molecular flexibility index (Phi) is 5.81. The molecular weight excluding hydrogens is 436 g/mol. The summed E-state index contributed by atoms with van der Waals surface area (Å²) in [6, 6.07) is 15.4. The number of aromatic nitrogens is 3. The van der Waals surface area contributed by atoms with Crippen molar-refractivity contribution >= 4 is 28.8 Å². The fraction of sp³-hybridized carbons (Fsp3) is 0.160. The number of aliphatic imine (C=N–C) groups is 1. The second kappa shape index (κ2) is 9.05. The Balaban J connectivity index is 1.32. The molecule has 1 atom stereocenters. The van der Waals surface area contributed by atoms with Crippen molar-refractivity contribution in [2.75, 3.05) is 0 Å². The van der Waals surface area contributed by atoms with E-state index in [4.69, 9.17) is 11.6 Å². The quantitative estimate of drug-likeness (QED) is 0.395. The Morgan fingerprint density at radius 1 is 1.12 bits per heavy atom. The molecule has 1 aliphatic heterocycles. The van der Waals surface area contributed by atoms with Gasteiger partial charge in [-0.05, 0) is 28.8 Å². The first kappa shape index (κ1) is 21.2. The second-order valence-electron chi connectivity index (χ2n) is 8.09. The van der Waals surface area contributed by atoms with Crippen LogP contribution >= 0.6 is 11.6 Å². The monoisotopic (exact) mass is 458 g/mol. The highest BCUT2D eigenvalue weighted by Gasteiger charge is 2.28. The average molecular weight is 459 g/mol. The van der Waals surface area contributed by atoms with E-state index in [-0.39, 0.29) is 5.56 Å². The summed E-state index contributed by atoms with van der Waals surface area (Å²) in [6.45, 7) is 1.15. The van der Waals surface area contributed by atoms with Crippen LogP contribution in [0.2, 0.25) is 5.02 Å². The number of nitrogens with zero attached hydrogens (tertiary/aromatic N) is 3. The van der Waals surface area contributed by atoms with Crippen molar-refractivity contribution in [3.63, 3.8) is 0 Å². The number of aromatic amines is 1. The summed E-state index contributed by atoms with van der Waals surface area (Å²) in [7, 11) is 0. The Hall–Kier alpha value is -3.68. The Morgan fingerprint density at radius 2 is 1.97 bits per heavy atom. The van der Waals surface area contributed by atoms with Gasteiger partial charge in [0.25, 0.3) is 5.56 Å². The van der Waals surface area contributed by atoms with Gasteiger partial charge in [-0.2, -0.15) is 0 Å². The lowest BCUT2D eigenvalue weighted by atomic mass is 9.98. The summed E-state index contributed by atoms with van der Waals surface area (Å²) >= 11 is 6.15. The van der Waals surface area contributed by atoms with E-state index < -0.39 is 5.66 Å². The molecule has 4 heterocycles. The van der Waals surface area contributed by atoms with Crippen molar-refractivity contribution in [3.8, 4) is 0 Å². The summed E-state index contributed by atoms with van der Waals surface area (Å²) in [4.78, 5) is 23.9. The Labute approximate surface area is 195 Å². The maximum atomic E-state index is 12.0. The zero-order chi connectivity index (χ0) is 22.7. The van der Waals surface area contributed by atoms with E-state index in [2.05, 4.69) is 49.9 Å². The first-order valence-electron chi connectivity index (χ1n) is 10.7. The third-order valence-electron chi connectivity index (χ3n) is 5.73. The number of halogens is 1. The van der Waals surface area contributed by atoms with Gasteiger partial charge in [-0.25, -0.2) is 4.98 Å². The maximum absolute atomic E-state index is 12.0. The van der Waals surface area contributed by atoms with Gasteiger partial charge in [0.05, 0.1) is 11.6 Å². The van der Waals surface area contributed by atoms with Crippen molar-refractivity contribution in [1.29, 1.82) is 0 Å². The number of benzene rings is 1. The number of fused-ring (bicyclic) bond motifs is 1. The molecule has 1 unspecified atom stereocenters. The minimum absolute atomic E-state index is 0.00657. The van der Waals surface area contributed by atoms with Gasteiger partial charge in [0.2, 0.25) is 0 Å². The second-order valence-corrected chi connectivity index (χ2v) is 8.52. The Morgan fingerprint density at radius 3 is 2.76 bits per heavy atom. The maximum Gasteiger partial charge on any atom is 0.250 e. The van der Waals surface area contributed by atoms with Gasteiger partial charge in [0, 0.05) is 61.6 Å². The fourth-order valence-corrected chi connectivity index (χ4v) is 4.15. The lowest BCUT2D eigenvalue weighted by Gasteiger charge is -2.33. The predicted molar refractivity (Wildman–Crippen MR) is 131 cm³/mol. The van der Waals surface area contributed by atoms with Crippen LogP contribution in [0.5, 0.6) is 0 Å². The highest BCUT2D eigenvalue weighted by atomic mass is 35.5. The van der Waals surface area contributed by atoms with Gasteiger partial charge >= 0.3 is 0 Å². The number of hydrogen-bond donors (Lipinski definition) is 3.